The molecule has 3 nitrogen and oxygen atoms in total. The highest BCUT2D eigenvalue weighted by atomic mass is 16.5. The summed E-state index contributed by atoms with van der Waals surface area (Å²) in [5.74, 6) is -0.336. The van der Waals surface area contributed by atoms with Crippen molar-refractivity contribution < 1.29 is 9.53 Å². The largest absolute Gasteiger partial charge is 0.462 e. The minimum atomic E-state index is -0.336. The summed E-state index contributed by atoms with van der Waals surface area (Å²) in [6.45, 7) is 4.31. The lowest BCUT2D eigenvalue weighted by atomic mass is 10.0. The van der Waals surface area contributed by atoms with Crippen LogP contribution < -0.4 is 5.73 Å². The maximum atomic E-state index is 11.9. The van der Waals surface area contributed by atoms with Gasteiger partial charge in [-0.1, -0.05) is 44.2 Å². The zero-order chi connectivity index (χ0) is 12.7. The number of hydrogen-bond donors (Lipinski definition) is 1. The molecule has 0 aliphatic carbocycles. The molecule has 0 aliphatic rings. The van der Waals surface area contributed by atoms with Crippen molar-refractivity contribution >= 4 is 11.5 Å². The van der Waals surface area contributed by atoms with Crippen LogP contribution in [-0.4, -0.2) is 12.6 Å². The van der Waals surface area contributed by atoms with Gasteiger partial charge in [-0.25, -0.2) is 4.79 Å². The Balaban J connectivity index is 3.02. The number of rotatable bonds is 5. The topological polar surface area (TPSA) is 52.3 Å². The number of carbonyl (C=O) groups excluding carboxylic acids is 1. The van der Waals surface area contributed by atoms with E-state index in [-0.39, 0.29) is 5.97 Å². The van der Waals surface area contributed by atoms with E-state index in [0.29, 0.717) is 24.3 Å². The summed E-state index contributed by atoms with van der Waals surface area (Å²) in [4.78, 5) is 11.9. The van der Waals surface area contributed by atoms with Gasteiger partial charge in [0, 0.05) is 5.70 Å². The molecule has 3 heteroatoms. The molecule has 2 N–H and O–H groups in total. The van der Waals surface area contributed by atoms with E-state index in [4.69, 9.17) is 10.5 Å². The summed E-state index contributed by atoms with van der Waals surface area (Å²) in [6, 6.07) is 9.40. The summed E-state index contributed by atoms with van der Waals surface area (Å²) in [6.07, 6.45) is 1.44. The zero-order valence-electron chi connectivity index (χ0n) is 10.4. The van der Waals surface area contributed by atoms with Crippen LogP contribution in [0.3, 0.4) is 0 Å². The Morgan fingerprint density at radius 2 is 1.88 bits per heavy atom. The SMILES string of the molecule is CCCOC(=O)/C(=C(\N)CC)c1ccccc1. The average Bonchev–Trinajstić information content (AvgIpc) is 2.37. The molecule has 0 fully saturated rings. The van der Waals surface area contributed by atoms with Crippen LogP contribution in [0.1, 0.15) is 32.3 Å². The van der Waals surface area contributed by atoms with Crippen molar-refractivity contribution in [3.8, 4) is 0 Å². The summed E-state index contributed by atoms with van der Waals surface area (Å²) in [5.41, 5.74) is 7.77. The highest BCUT2D eigenvalue weighted by Crippen LogP contribution is 2.19. The molecule has 0 unspecified atom stereocenters. The van der Waals surface area contributed by atoms with Gasteiger partial charge >= 0.3 is 5.97 Å². The summed E-state index contributed by atoms with van der Waals surface area (Å²) >= 11 is 0. The Kier molecular flexibility index (Phi) is 5.27. The molecule has 0 bridgehead atoms. The molecule has 0 saturated heterocycles. The lowest BCUT2D eigenvalue weighted by molar-refractivity contribution is -0.136. The van der Waals surface area contributed by atoms with Crippen LogP contribution in [0.4, 0.5) is 0 Å². The quantitative estimate of drug-likeness (QED) is 0.628. The third-order valence-electron chi connectivity index (χ3n) is 2.41. The van der Waals surface area contributed by atoms with Gasteiger partial charge in [-0.05, 0) is 18.4 Å². The van der Waals surface area contributed by atoms with Gasteiger partial charge in [-0.15, -0.1) is 0 Å². The lowest BCUT2D eigenvalue weighted by Gasteiger charge is -2.10. The van der Waals surface area contributed by atoms with Gasteiger partial charge in [0.25, 0.3) is 0 Å². The standard InChI is InChI=1S/C14H19NO2/c1-3-10-17-14(16)13(12(15)4-2)11-8-6-5-7-9-11/h5-9H,3-4,10,15H2,1-2H3/b13-12-. The number of hydrogen-bond acceptors (Lipinski definition) is 3. The van der Waals surface area contributed by atoms with Crippen molar-refractivity contribution in [2.24, 2.45) is 5.73 Å². The van der Waals surface area contributed by atoms with Gasteiger partial charge in [0.05, 0.1) is 12.2 Å². The van der Waals surface area contributed by atoms with Crippen LogP contribution in [0.5, 0.6) is 0 Å². The molecule has 0 aliphatic heterocycles. The van der Waals surface area contributed by atoms with Crippen molar-refractivity contribution in [2.45, 2.75) is 26.7 Å². The van der Waals surface area contributed by atoms with Crippen molar-refractivity contribution in [1.29, 1.82) is 0 Å². The highest BCUT2D eigenvalue weighted by molar-refractivity contribution is 6.17. The molecule has 0 spiro atoms. The fraction of sp³-hybridized carbons (Fsp3) is 0.357. The van der Waals surface area contributed by atoms with E-state index >= 15 is 0 Å². The van der Waals surface area contributed by atoms with Gasteiger partial charge in [0.1, 0.15) is 0 Å². The van der Waals surface area contributed by atoms with Crippen LogP contribution in [-0.2, 0) is 9.53 Å². The molecule has 1 rings (SSSR count). The second-order valence-electron chi connectivity index (χ2n) is 3.76. The Morgan fingerprint density at radius 1 is 1.24 bits per heavy atom. The number of carbonyl (C=O) groups is 1. The smallest absolute Gasteiger partial charge is 0.340 e. The minimum absolute atomic E-state index is 0.336. The molecule has 0 heterocycles. The van der Waals surface area contributed by atoms with Crippen molar-refractivity contribution in [3.63, 3.8) is 0 Å². The van der Waals surface area contributed by atoms with Crippen LogP contribution in [0.15, 0.2) is 36.0 Å². The second-order valence-corrected chi connectivity index (χ2v) is 3.76. The van der Waals surface area contributed by atoms with Gasteiger partial charge in [-0.3, -0.25) is 0 Å². The number of benzene rings is 1. The monoisotopic (exact) mass is 233 g/mol. The van der Waals surface area contributed by atoms with E-state index in [1.54, 1.807) is 0 Å². The number of ether oxygens (including phenoxy) is 1. The summed E-state index contributed by atoms with van der Waals surface area (Å²) < 4.78 is 5.15. The minimum Gasteiger partial charge on any atom is -0.462 e. The number of esters is 1. The van der Waals surface area contributed by atoms with Crippen LogP contribution >= 0.6 is 0 Å². The predicted octanol–water partition coefficient (Wildman–Crippen LogP) is 2.72. The summed E-state index contributed by atoms with van der Waals surface area (Å²) in [5, 5.41) is 0. The maximum absolute atomic E-state index is 11.9. The Labute approximate surface area is 102 Å². The molecule has 1 aromatic rings. The van der Waals surface area contributed by atoms with Crippen molar-refractivity contribution in [1.82, 2.24) is 0 Å². The van der Waals surface area contributed by atoms with E-state index in [1.807, 2.05) is 44.2 Å². The van der Waals surface area contributed by atoms with E-state index in [0.717, 1.165) is 12.0 Å². The number of allylic oxidation sites excluding steroid dienone is 1. The summed E-state index contributed by atoms with van der Waals surface area (Å²) in [7, 11) is 0. The van der Waals surface area contributed by atoms with Gasteiger partial charge in [0.15, 0.2) is 0 Å². The molecule has 17 heavy (non-hydrogen) atoms. The van der Waals surface area contributed by atoms with E-state index < -0.39 is 0 Å². The van der Waals surface area contributed by atoms with E-state index in [2.05, 4.69) is 0 Å². The second kappa shape index (κ2) is 6.74. The first-order valence-electron chi connectivity index (χ1n) is 5.91. The third-order valence-corrected chi connectivity index (χ3v) is 2.41. The first-order valence-corrected chi connectivity index (χ1v) is 5.91. The highest BCUT2D eigenvalue weighted by Gasteiger charge is 2.16. The fourth-order valence-electron chi connectivity index (χ4n) is 1.48. The van der Waals surface area contributed by atoms with Gasteiger partial charge < -0.3 is 10.5 Å². The van der Waals surface area contributed by atoms with Gasteiger partial charge in [0.2, 0.25) is 0 Å². The molecule has 0 amide bonds. The third kappa shape index (κ3) is 3.63. The molecule has 92 valence electrons. The fourth-order valence-corrected chi connectivity index (χ4v) is 1.48. The molecule has 0 aromatic heterocycles. The van der Waals surface area contributed by atoms with Gasteiger partial charge in [-0.2, -0.15) is 0 Å². The zero-order valence-corrected chi connectivity index (χ0v) is 10.4. The lowest BCUT2D eigenvalue weighted by Crippen LogP contribution is -2.13. The molecule has 1 aromatic carbocycles. The van der Waals surface area contributed by atoms with Crippen molar-refractivity contribution in [3.05, 3.63) is 41.6 Å². The average molecular weight is 233 g/mol. The molecule has 0 atom stereocenters. The first kappa shape index (κ1) is 13.3. The molecular formula is C14H19NO2. The maximum Gasteiger partial charge on any atom is 0.340 e. The van der Waals surface area contributed by atoms with E-state index in [1.165, 1.54) is 0 Å². The van der Waals surface area contributed by atoms with Crippen LogP contribution in [0.25, 0.3) is 5.57 Å². The number of nitrogens with two attached hydrogens (primary N) is 1. The van der Waals surface area contributed by atoms with Crippen LogP contribution in [0, 0.1) is 0 Å². The molecular weight excluding hydrogens is 214 g/mol. The van der Waals surface area contributed by atoms with E-state index in [9.17, 15) is 4.79 Å². The Morgan fingerprint density at radius 3 is 2.41 bits per heavy atom. The van der Waals surface area contributed by atoms with Crippen LogP contribution in [0.2, 0.25) is 0 Å². The molecule has 0 radical (unpaired) electrons. The first-order chi connectivity index (χ1) is 8.20. The predicted molar refractivity (Wildman–Crippen MR) is 69.1 cm³/mol. The Bertz CT molecular complexity index is 396. The molecule has 0 saturated carbocycles. The van der Waals surface area contributed by atoms with Crippen molar-refractivity contribution in [2.75, 3.05) is 6.61 Å². The Hall–Kier alpha value is -1.77. The normalized spacial score (nSPS) is 11.9.